The first kappa shape index (κ1) is 13.5. The molecule has 0 spiro atoms. The molecule has 0 heterocycles. The van der Waals surface area contributed by atoms with Crippen LogP contribution in [0, 0.1) is 0 Å². The Morgan fingerprint density at radius 1 is 1.27 bits per heavy atom. The summed E-state index contributed by atoms with van der Waals surface area (Å²) in [4.78, 5) is 2.13. The van der Waals surface area contributed by atoms with E-state index < -0.39 is 0 Å². The van der Waals surface area contributed by atoms with Crippen LogP contribution in [0.3, 0.4) is 0 Å². The van der Waals surface area contributed by atoms with Crippen LogP contribution in [0.5, 0.6) is 0 Å². The molecule has 0 atom stereocenters. The van der Waals surface area contributed by atoms with Gasteiger partial charge in [-0.2, -0.15) is 0 Å². The van der Waals surface area contributed by atoms with Crippen LogP contribution in [-0.2, 0) is 0 Å². The first-order valence-corrected chi connectivity index (χ1v) is 4.11. The average Bonchev–Trinajstić information content (AvgIpc) is 1.82. The summed E-state index contributed by atoms with van der Waals surface area (Å²) in [7, 11) is 4.10. The molecule has 0 fully saturated rings. The molecular weight excluding hydrogens is 138 g/mol. The van der Waals surface area contributed by atoms with Crippen LogP contribution < -0.4 is 11.5 Å². The van der Waals surface area contributed by atoms with Gasteiger partial charge in [-0.25, -0.2) is 0 Å². The van der Waals surface area contributed by atoms with Crippen LogP contribution in [0.4, 0.5) is 0 Å². The third-order valence-electron chi connectivity index (χ3n) is 0.809. The van der Waals surface area contributed by atoms with Gasteiger partial charge in [0.1, 0.15) is 0 Å². The third-order valence-corrected chi connectivity index (χ3v) is 0.809. The van der Waals surface area contributed by atoms with Crippen LogP contribution in [0.25, 0.3) is 0 Å². The van der Waals surface area contributed by atoms with Gasteiger partial charge < -0.3 is 16.4 Å². The van der Waals surface area contributed by atoms with Crippen molar-refractivity contribution in [1.29, 1.82) is 0 Å². The first-order chi connectivity index (χ1) is 5.00. The van der Waals surface area contributed by atoms with Crippen molar-refractivity contribution in [2.24, 2.45) is 11.5 Å². The fraction of sp³-hybridized carbons (Fsp3) is 1.00. The molecule has 70 valence electrons. The van der Waals surface area contributed by atoms with E-state index >= 15 is 0 Å². The van der Waals surface area contributed by atoms with Crippen LogP contribution in [0.1, 0.15) is 20.3 Å². The highest BCUT2D eigenvalue weighted by Crippen LogP contribution is 1.76. The molecule has 0 aromatic rings. The van der Waals surface area contributed by atoms with E-state index in [0.29, 0.717) is 6.04 Å². The normalized spacial score (nSPS) is 9.82. The summed E-state index contributed by atoms with van der Waals surface area (Å²) >= 11 is 0. The molecule has 0 aliphatic heterocycles. The second kappa shape index (κ2) is 9.88. The summed E-state index contributed by atoms with van der Waals surface area (Å²) in [6, 6.07) is 0.333. The Kier molecular flexibility index (Phi) is 12.1. The second-order valence-corrected chi connectivity index (χ2v) is 3.19. The number of hydrogen-bond donors (Lipinski definition) is 2. The summed E-state index contributed by atoms with van der Waals surface area (Å²) in [6.07, 6.45) is 1.10. The maximum atomic E-state index is 5.25. The summed E-state index contributed by atoms with van der Waals surface area (Å²) in [6.45, 7) is 5.80. The van der Waals surface area contributed by atoms with Crippen molar-refractivity contribution < 1.29 is 0 Å². The lowest BCUT2D eigenvalue weighted by molar-refractivity contribution is 0.403. The van der Waals surface area contributed by atoms with Crippen molar-refractivity contribution in [3.63, 3.8) is 0 Å². The van der Waals surface area contributed by atoms with Gasteiger partial charge in [0.15, 0.2) is 0 Å². The van der Waals surface area contributed by atoms with E-state index in [9.17, 15) is 0 Å². The lowest BCUT2D eigenvalue weighted by Crippen LogP contribution is -2.16. The zero-order valence-electron chi connectivity index (χ0n) is 8.30. The highest BCUT2D eigenvalue weighted by atomic mass is 15.0. The van der Waals surface area contributed by atoms with Gasteiger partial charge in [0, 0.05) is 0 Å². The maximum absolute atomic E-state index is 5.25. The van der Waals surface area contributed by atoms with Crippen molar-refractivity contribution in [3.05, 3.63) is 0 Å². The van der Waals surface area contributed by atoms with E-state index in [4.69, 9.17) is 11.5 Å². The summed E-state index contributed by atoms with van der Waals surface area (Å²) < 4.78 is 0. The largest absolute Gasteiger partial charge is 0.330 e. The van der Waals surface area contributed by atoms with E-state index in [1.807, 2.05) is 13.8 Å². The molecule has 0 bridgehead atoms. The van der Waals surface area contributed by atoms with E-state index in [0.717, 1.165) is 19.5 Å². The fourth-order valence-electron chi connectivity index (χ4n) is 0.408. The van der Waals surface area contributed by atoms with Gasteiger partial charge >= 0.3 is 0 Å². The molecule has 0 saturated heterocycles. The van der Waals surface area contributed by atoms with Gasteiger partial charge in [-0.1, -0.05) is 13.8 Å². The minimum Gasteiger partial charge on any atom is -0.330 e. The van der Waals surface area contributed by atoms with Crippen molar-refractivity contribution in [1.82, 2.24) is 4.90 Å². The Morgan fingerprint density at radius 3 is 1.73 bits per heavy atom. The zero-order chi connectivity index (χ0) is 9.28. The standard InChI is InChI=1S/C5H14N2.C3H9N/c1-7(2)5-3-4-6;1-3(2)4/h3-6H2,1-2H3;3H,4H2,1-2H3. The van der Waals surface area contributed by atoms with Gasteiger partial charge in [-0.3, -0.25) is 0 Å². The number of rotatable bonds is 3. The van der Waals surface area contributed by atoms with Crippen molar-refractivity contribution in [2.45, 2.75) is 26.3 Å². The molecule has 0 radical (unpaired) electrons. The van der Waals surface area contributed by atoms with Crippen LogP contribution in [-0.4, -0.2) is 38.1 Å². The van der Waals surface area contributed by atoms with Gasteiger partial charge in [0.05, 0.1) is 0 Å². The van der Waals surface area contributed by atoms with Crippen molar-refractivity contribution in [2.75, 3.05) is 27.2 Å². The minimum absolute atomic E-state index is 0.333. The molecule has 4 N–H and O–H groups in total. The summed E-state index contributed by atoms with van der Waals surface area (Å²) in [5, 5.41) is 0. The Labute approximate surface area is 70.7 Å². The van der Waals surface area contributed by atoms with Crippen LogP contribution >= 0.6 is 0 Å². The topological polar surface area (TPSA) is 55.3 Å². The predicted octanol–water partition coefficient (Wildman–Crippen LogP) is 0.250. The lowest BCUT2D eigenvalue weighted by Gasteiger charge is -2.05. The molecule has 0 amide bonds. The summed E-state index contributed by atoms with van der Waals surface area (Å²) in [5.41, 5.74) is 10.4. The van der Waals surface area contributed by atoms with E-state index in [1.54, 1.807) is 0 Å². The van der Waals surface area contributed by atoms with E-state index in [1.165, 1.54) is 0 Å². The average molecular weight is 161 g/mol. The quantitative estimate of drug-likeness (QED) is 0.624. The molecule has 0 unspecified atom stereocenters. The van der Waals surface area contributed by atoms with Crippen LogP contribution in [0.2, 0.25) is 0 Å². The monoisotopic (exact) mass is 161 g/mol. The molecule has 0 aliphatic carbocycles. The van der Waals surface area contributed by atoms with Gasteiger partial charge in [0.2, 0.25) is 0 Å². The Morgan fingerprint density at radius 2 is 1.64 bits per heavy atom. The van der Waals surface area contributed by atoms with Gasteiger partial charge in [0.25, 0.3) is 0 Å². The first-order valence-electron chi connectivity index (χ1n) is 4.11. The smallest absolute Gasteiger partial charge is 0.00128 e. The predicted molar refractivity (Wildman–Crippen MR) is 51.5 cm³/mol. The van der Waals surface area contributed by atoms with Gasteiger partial charge in [-0.05, 0) is 39.6 Å². The minimum atomic E-state index is 0.333. The van der Waals surface area contributed by atoms with E-state index in [2.05, 4.69) is 19.0 Å². The Hall–Kier alpha value is -0.120. The van der Waals surface area contributed by atoms with Crippen molar-refractivity contribution in [3.8, 4) is 0 Å². The van der Waals surface area contributed by atoms with E-state index in [-0.39, 0.29) is 0 Å². The Balaban J connectivity index is 0. The molecule has 3 heteroatoms. The molecular formula is C8H23N3. The molecule has 0 rings (SSSR count). The molecule has 3 nitrogen and oxygen atoms in total. The van der Waals surface area contributed by atoms with Crippen molar-refractivity contribution >= 4 is 0 Å². The maximum Gasteiger partial charge on any atom is -0.00128 e. The molecule has 11 heavy (non-hydrogen) atoms. The fourth-order valence-corrected chi connectivity index (χ4v) is 0.408. The molecule has 0 aromatic carbocycles. The number of nitrogens with zero attached hydrogens (tertiary/aromatic N) is 1. The number of hydrogen-bond acceptors (Lipinski definition) is 3. The SMILES string of the molecule is CC(C)N.CN(C)CCCN. The Bertz CT molecular complexity index is 59.6. The third kappa shape index (κ3) is 40.8. The summed E-state index contributed by atoms with van der Waals surface area (Å²) in [5.74, 6) is 0. The van der Waals surface area contributed by atoms with Gasteiger partial charge in [-0.15, -0.1) is 0 Å². The molecule has 0 saturated carbocycles. The number of nitrogens with two attached hydrogens (primary N) is 2. The molecule has 0 aromatic heterocycles. The van der Waals surface area contributed by atoms with Crippen LogP contribution in [0.15, 0.2) is 0 Å². The highest BCUT2D eigenvalue weighted by molar-refractivity contribution is 4.42. The lowest BCUT2D eigenvalue weighted by atomic mass is 10.4. The second-order valence-electron chi connectivity index (χ2n) is 3.19. The highest BCUT2D eigenvalue weighted by Gasteiger charge is 1.83. The molecule has 0 aliphatic rings. The zero-order valence-corrected chi connectivity index (χ0v) is 8.30.